The maximum atomic E-state index is 5.49. The van der Waals surface area contributed by atoms with Gasteiger partial charge in [0.05, 0.1) is 0 Å². The van der Waals surface area contributed by atoms with Gasteiger partial charge in [0.15, 0.2) is 0 Å². The number of fused-ring (bicyclic) bond motifs is 1. The van der Waals surface area contributed by atoms with Crippen LogP contribution >= 0.6 is 0 Å². The van der Waals surface area contributed by atoms with Crippen LogP contribution < -0.4 is 0 Å². The van der Waals surface area contributed by atoms with Crippen LogP contribution in [0, 0.1) is 0 Å². The molecule has 0 bridgehead atoms. The Morgan fingerprint density at radius 2 is 1.12 bits per heavy atom. The monoisotopic (exact) mass is 344 g/mol. The minimum absolute atomic E-state index is 0.156. The Morgan fingerprint density at radius 1 is 0.577 bits per heavy atom. The van der Waals surface area contributed by atoms with Gasteiger partial charge in [0.1, 0.15) is 0 Å². The van der Waals surface area contributed by atoms with E-state index in [1.807, 2.05) is 6.07 Å². The normalized spacial score (nSPS) is 12.6. The molecule has 132 valence electrons. The molecule has 0 amide bonds. The fourth-order valence-corrected chi connectivity index (χ4v) is 3.92. The van der Waals surface area contributed by atoms with Crippen LogP contribution in [0.1, 0.15) is 49.9 Å². The Hall–Kier alpha value is -2.74. The molecule has 0 aliphatic carbocycles. The van der Waals surface area contributed by atoms with Crippen molar-refractivity contribution in [3.8, 4) is 0 Å². The molecular weight excluding hydrogens is 320 g/mol. The van der Waals surface area contributed by atoms with Crippen LogP contribution in [-0.2, 0) is 10.8 Å². The van der Waals surface area contributed by atoms with Gasteiger partial charge in [-0.25, -0.2) is 0 Å². The summed E-state index contributed by atoms with van der Waals surface area (Å²) in [6.07, 6.45) is 0. The van der Waals surface area contributed by atoms with Crippen LogP contribution in [0.2, 0.25) is 0 Å². The first-order valence-corrected chi connectivity index (χ1v) is 9.06. The Morgan fingerprint density at radius 3 is 1.62 bits per heavy atom. The molecule has 26 heavy (non-hydrogen) atoms. The highest BCUT2D eigenvalue weighted by Crippen LogP contribution is 2.45. The van der Waals surface area contributed by atoms with Crippen molar-refractivity contribution in [3.63, 3.8) is 0 Å². The molecule has 2 nitrogen and oxygen atoms in total. The highest BCUT2D eigenvalue weighted by Gasteiger charge is 2.37. The topological polar surface area (TPSA) is 26.3 Å². The second kappa shape index (κ2) is 5.91. The van der Waals surface area contributed by atoms with E-state index < -0.39 is 0 Å². The number of rotatable bonds is 4. The van der Waals surface area contributed by atoms with Gasteiger partial charge in [0.25, 0.3) is 0 Å². The van der Waals surface area contributed by atoms with Crippen molar-refractivity contribution in [1.29, 1.82) is 0 Å². The third kappa shape index (κ3) is 2.48. The fourth-order valence-electron chi connectivity index (χ4n) is 3.92. The van der Waals surface area contributed by atoms with Crippen LogP contribution in [-0.4, -0.2) is 0 Å². The number of benzene rings is 3. The number of hydrogen-bond donors (Lipinski definition) is 0. The molecule has 0 aliphatic heterocycles. The molecule has 2 heteroatoms. The first-order chi connectivity index (χ1) is 12.4. The summed E-state index contributed by atoms with van der Waals surface area (Å²) in [6, 6.07) is 25.4. The molecule has 0 fully saturated rings. The second-order valence-corrected chi connectivity index (χ2v) is 7.96. The summed E-state index contributed by atoms with van der Waals surface area (Å²) < 4.78 is 10.7. The minimum atomic E-state index is -0.211. The zero-order valence-electron chi connectivity index (χ0n) is 15.7. The van der Waals surface area contributed by atoms with Crippen molar-refractivity contribution in [2.45, 2.75) is 38.5 Å². The van der Waals surface area contributed by atoms with E-state index >= 15 is 0 Å². The third-order valence-electron chi connectivity index (χ3n) is 5.63. The Kier molecular flexibility index (Phi) is 3.80. The van der Waals surface area contributed by atoms with Gasteiger partial charge >= 0.3 is 0 Å². The van der Waals surface area contributed by atoms with Crippen LogP contribution in [0.15, 0.2) is 81.9 Å². The average molecular weight is 344 g/mol. The van der Waals surface area contributed by atoms with E-state index in [0.29, 0.717) is 0 Å². The van der Waals surface area contributed by atoms with E-state index in [1.165, 1.54) is 22.3 Å². The predicted molar refractivity (Wildman–Crippen MR) is 106 cm³/mol. The van der Waals surface area contributed by atoms with E-state index in [9.17, 15) is 0 Å². The summed E-state index contributed by atoms with van der Waals surface area (Å²) in [5, 5.41) is 0. The largest absolute Gasteiger partial charge is 0.286 e. The van der Waals surface area contributed by atoms with E-state index in [2.05, 4.69) is 94.4 Å². The first kappa shape index (κ1) is 16.7. The van der Waals surface area contributed by atoms with Gasteiger partial charge in [-0.3, -0.25) is 9.15 Å². The Bertz CT molecular complexity index is 1020. The molecule has 0 aliphatic rings. The van der Waals surface area contributed by atoms with Crippen LogP contribution in [0.4, 0.5) is 0 Å². The lowest BCUT2D eigenvalue weighted by Gasteiger charge is -2.35. The smallest absolute Gasteiger partial charge is 0.230 e. The zero-order chi connectivity index (χ0) is 18.4. The molecule has 0 atom stereocenters. The van der Waals surface area contributed by atoms with Gasteiger partial charge in [0, 0.05) is 16.4 Å². The maximum Gasteiger partial charge on any atom is 0.230 e. The molecule has 0 saturated heterocycles. The highest BCUT2D eigenvalue weighted by atomic mass is 17.0. The lowest BCUT2D eigenvalue weighted by molar-refractivity contribution is 0.0572. The lowest BCUT2D eigenvalue weighted by atomic mass is 9.68. The molecule has 4 aromatic rings. The van der Waals surface area contributed by atoms with E-state index in [4.69, 9.17) is 9.15 Å². The highest BCUT2D eigenvalue weighted by molar-refractivity contribution is 5.79. The van der Waals surface area contributed by atoms with Crippen molar-refractivity contribution >= 4 is 11.2 Å². The molecule has 1 heterocycles. The lowest BCUT2D eigenvalue weighted by Crippen LogP contribution is -2.28. The third-order valence-corrected chi connectivity index (χ3v) is 5.63. The summed E-state index contributed by atoms with van der Waals surface area (Å²) >= 11 is 0. The van der Waals surface area contributed by atoms with Crippen molar-refractivity contribution < 1.29 is 9.15 Å². The first-order valence-electron chi connectivity index (χ1n) is 9.06. The molecule has 0 spiro atoms. The maximum absolute atomic E-state index is 5.49. The van der Waals surface area contributed by atoms with E-state index in [1.54, 1.807) is 0 Å². The number of hydrogen-bond acceptors (Lipinski definition) is 2. The van der Waals surface area contributed by atoms with Gasteiger partial charge in [0.2, 0.25) is 11.2 Å². The summed E-state index contributed by atoms with van der Waals surface area (Å²) in [5.74, 6) is 0. The standard InChI is InChI=1S/C24H24O2/c1-23(2,17-11-7-5-8-12-17)19-15-16-20-22(26-25-20)21(19)24(3,4)18-13-9-6-10-14-18/h5-16H,1-4H3. The Balaban J connectivity index is 1.97. The predicted octanol–water partition coefficient (Wildman–Crippen LogP) is 6.68. The molecule has 0 unspecified atom stereocenters. The summed E-state index contributed by atoms with van der Waals surface area (Å²) in [5.41, 5.74) is 6.31. The van der Waals surface area contributed by atoms with Gasteiger partial charge < -0.3 is 0 Å². The molecular formula is C24H24O2. The molecule has 3 aromatic carbocycles. The molecule has 0 radical (unpaired) electrons. The molecule has 4 rings (SSSR count). The SMILES string of the molecule is CC(C)(c1ccccc1)c1ccc2ooc2c1C(C)(C)c1ccccc1. The zero-order valence-corrected chi connectivity index (χ0v) is 15.7. The van der Waals surface area contributed by atoms with E-state index in [0.717, 1.165) is 11.2 Å². The fraction of sp³-hybridized carbons (Fsp3) is 0.250. The van der Waals surface area contributed by atoms with Crippen molar-refractivity contribution in [3.05, 3.63) is 95.1 Å². The van der Waals surface area contributed by atoms with Gasteiger partial charge in [-0.1, -0.05) is 94.4 Å². The van der Waals surface area contributed by atoms with Crippen LogP contribution in [0.3, 0.4) is 0 Å². The molecule has 0 N–H and O–H groups in total. The van der Waals surface area contributed by atoms with Crippen molar-refractivity contribution in [2.24, 2.45) is 0 Å². The summed E-state index contributed by atoms with van der Waals surface area (Å²) in [4.78, 5) is 0. The van der Waals surface area contributed by atoms with Crippen molar-refractivity contribution in [1.82, 2.24) is 0 Å². The van der Waals surface area contributed by atoms with Gasteiger partial charge in [-0.2, -0.15) is 0 Å². The quantitative estimate of drug-likeness (QED) is 0.386. The Labute approximate surface area is 154 Å². The molecule has 0 saturated carbocycles. The summed E-state index contributed by atoms with van der Waals surface area (Å²) in [6.45, 7) is 9.05. The van der Waals surface area contributed by atoms with Crippen LogP contribution in [0.5, 0.6) is 0 Å². The second-order valence-electron chi connectivity index (χ2n) is 7.96. The minimum Gasteiger partial charge on any atom is -0.286 e. The van der Waals surface area contributed by atoms with Crippen molar-refractivity contribution in [2.75, 3.05) is 0 Å². The van der Waals surface area contributed by atoms with Crippen LogP contribution in [0.25, 0.3) is 11.2 Å². The van der Waals surface area contributed by atoms with Gasteiger partial charge in [-0.05, 0) is 22.8 Å². The summed E-state index contributed by atoms with van der Waals surface area (Å²) in [7, 11) is 0. The van der Waals surface area contributed by atoms with E-state index in [-0.39, 0.29) is 10.8 Å². The molecule has 1 aromatic heterocycles. The average Bonchev–Trinajstić information content (AvgIpc) is 2.63. The van der Waals surface area contributed by atoms with Gasteiger partial charge in [-0.15, -0.1) is 0 Å².